The molecule has 1 aliphatic rings. The van der Waals surface area contributed by atoms with Gasteiger partial charge in [-0.05, 0) is 40.0 Å². The summed E-state index contributed by atoms with van der Waals surface area (Å²) < 4.78 is 0. The van der Waals surface area contributed by atoms with Crippen LogP contribution in [0.15, 0.2) is 0 Å². The van der Waals surface area contributed by atoms with E-state index in [2.05, 4.69) is 23.9 Å². The molecule has 13 heavy (non-hydrogen) atoms. The first kappa shape index (κ1) is 10.7. The highest BCUT2D eigenvalue weighted by Crippen LogP contribution is 2.13. The Balaban J connectivity index is 2.18. The molecule has 3 nitrogen and oxygen atoms in total. The summed E-state index contributed by atoms with van der Waals surface area (Å²) >= 11 is 0. The van der Waals surface area contributed by atoms with Crippen molar-refractivity contribution in [2.75, 3.05) is 33.7 Å². The van der Waals surface area contributed by atoms with Gasteiger partial charge in [0.05, 0.1) is 0 Å². The molecule has 0 saturated carbocycles. The van der Waals surface area contributed by atoms with Crippen molar-refractivity contribution in [3.8, 4) is 0 Å². The van der Waals surface area contributed by atoms with Gasteiger partial charge < -0.3 is 14.6 Å². The molecule has 1 heterocycles. The monoisotopic (exact) mass is 184 g/mol. The normalized spacial score (nSPS) is 20.8. The van der Waals surface area contributed by atoms with Crippen molar-refractivity contribution < 1.29 is 4.79 Å². The third-order valence-electron chi connectivity index (χ3n) is 2.85. The van der Waals surface area contributed by atoms with Crippen molar-refractivity contribution in [3.05, 3.63) is 0 Å². The lowest BCUT2D eigenvalue weighted by atomic mass is 10.0. The van der Waals surface area contributed by atoms with Gasteiger partial charge in [-0.2, -0.15) is 0 Å². The van der Waals surface area contributed by atoms with Crippen molar-refractivity contribution in [2.45, 2.75) is 25.3 Å². The fourth-order valence-corrected chi connectivity index (χ4v) is 1.89. The third kappa shape index (κ3) is 3.44. The predicted molar refractivity (Wildman–Crippen MR) is 53.8 cm³/mol. The molecule has 1 saturated heterocycles. The maximum Gasteiger partial charge on any atom is 0.121 e. The summed E-state index contributed by atoms with van der Waals surface area (Å²) in [6.45, 7) is 3.25. The van der Waals surface area contributed by atoms with Crippen LogP contribution in [0.1, 0.15) is 19.3 Å². The van der Waals surface area contributed by atoms with Crippen LogP contribution in [0.4, 0.5) is 0 Å². The molecule has 0 aliphatic carbocycles. The van der Waals surface area contributed by atoms with E-state index in [1.54, 1.807) is 0 Å². The Bertz CT molecular complexity index is 151. The minimum atomic E-state index is 0.687. The Kier molecular flexibility index (Phi) is 4.39. The lowest BCUT2D eigenvalue weighted by Gasteiger charge is -2.34. The molecule has 0 aromatic heterocycles. The molecule has 0 bridgehead atoms. The molecule has 0 N–H and O–H groups in total. The Labute approximate surface area is 80.7 Å². The number of rotatable bonds is 4. The van der Waals surface area contributed by atoms with Gasteiger partial charge in [0, 0.05) is 19.0 Å². The van der Waals surface area contributed by atoms with Gasteiger partial charge in [0.2, 0.25) is 0 Å². The van der Waals surface area contributed by atoms with Crippen LogP contribution in [-0.2, 0) is 4.79 Å². The first-order valence-corrected chi connectivity index (χ1v) is 5.06. The Morgan fingerprint density at radius 3 is 2.46 bits per heavy atom. The van der Waals surface area contributed by atoms with Crippen molar-refractivity contribution >= 4 is 6.29 Å². The van der Waals surface area contributed by atoms with Crippen LogP contribution < -0.4 is 0 Å². The molecule has 1 fully saturated rings. The van der Waals surface area contributed by atoms with Crippen molar-refractivity contribution in [3.63, 3.8) is 0 Å². The molecular formula is C10H20N2O. The fraction of sp³-hybridized carbons (Fsp3) is 0.900. The largest absolute Gasteiger partial charge is 0.306 e. The van der Waals surface area contributed by atoms with E-state index in [0.29, 0.717) is 6.42 Å². The van der Waals surface area contributed by atoms with Crippen LogP contribution in [0.2, 0.25) is 0 Å². The van der Waals surface area contributed by atoms with E-state index in [9.17, 15) is 4.79 Å². The number of carbonyl (C=O) groups is 1. The van der Waals surface area contributed by atoms with Crippen molar-refractivity contribution in [1.29, 1.82) is 0 Å². The van der Waals surface area contributed by atoms with Gasteiger partial charge in [-0.25, -0.2) is 0 Å². The van der Waals surface area contributed by atoms with Gasteiger partial charge in [0.25, 0.3) is 0 Å². The summed E-state index contributed by atoms with van der Waals surface area (Å²) in [5.41, 5.74) is 0. The molecule has 0 aromatic rings. The highest BCUT2D eigenvalue weighted by atomic mass is 16.1. The van der Waals surface area contributed by atoms with Crippen molar-refractivity contribution in [1.82, 2.24) is 9.80 Å². The zero-order valence-electron chi connectivity index (χ0n) is 8.70. The van der Waals surface area contributed by atoms with E-state index in [0.717, 1.165) is 32.0 Å². The molecule has 0 unspecified atom stereocenters. The summed E-state index contributed by atoms with van der Waals surface area (Å²) in [7, 11) is 4.29. The predicted octanol–water partition coefficient (Wildman–Crippen LogP) is 0.601. The van der Waals surface area contributed by atoms with Crippen LogP contribution in [0.25, 0.3) is 0 Å². The lowest BCUT2D eigenvalue weighted by molar-refractivity contribution is -0.108. The van der Waals surface area contributed by atoms with E-state index >= 15 is 0 Å². The summed E-state index contributed by atoms with van der Waals surface area (Å²) in [5, 5.41) is 0. The maximum absolute atomic E-state index is 10.2. The molecular weight excluding hydrogens is 164 g/mol. The summed E-state index contributed by atoms with van der Waals surface area (Å²) in [6.07, 6.45) is 4.18. The number of piperidine rings is 1. The molecule has 0 radical (unpaired) electrons. The van der Waals surface area contributed by atoms with E-state index in [4.69, 9.17) is 0 Å². The minimum Gasteiger partial charge on any atom is -0.306 e. The van der Waals surface area contributed by atoms with Crippen LogP contribution in [0.3, 0.4) is 0 Å². The molecule has 1 aliphatic heterocycles. The van der Waals surface area contributed by atoms with Gasteiger partial charge in [0.1, 0.15) is 6.29 Å². The number of hydrogen-bond acceptors (Lipinski definition) is 3. The standard InChI is InChI=1S/C10H20N2O/c1-11(2)10-4-7-12(8-5-10)6-3-9-13/h9-10H,3-8H2,1-2H3. The zero-order chi connectivity index (χ0) is 9.68. The first-order valence-electron chi connectivity index (χ1n) is 5.06. The minimum absolute atomic E-state index is 0.687. The van der Waals surface area contributed by atoms with Gasteiger partial charge in [-0.3, -0.25) is 0 Å². The molecule has 1 rings (SSSR count). The van der Waals surface area contributed by atoms with Crippen LogP contribution >= 0.6 is 0 Å². The van der Waals surface area contributed by atoms with Gasteiger partial charge in [-0.15, -0.1) is 0 Å². The Morgan fingerprint density at radius 2 is 2.00 bits per heavy atom. The summed E-state index contributed by atoms with van der Waals surface area (Å²) in [5.74, 6) is 0. The highest BCUT2D eigenvalue weighted by Gasteiger charge is 2.19. The highest BCUT2D eigenvalue weighted by molar-refractivity contribution is 5.49. The van der Waals surface area contributed by atoms with Gasteiger partial charge >= 0.3 is 0 Å². The van der Waals surface area contributed by atoms with E-state index in [1.807, 2.05) is 0 Å². The molecule has 0 aromatic carbocycles. The Hall–Kier alpha value is -0.410. The molecule has 0 amide bonds. The zero-order valence-corrected chi connectivity index (χ0v) is 8.70. The second-order valence-corrected chi connectivity index (χ2v) is 3.99. The van der Waals surface area contributed by atoms with E-state index in [-0.39, 0.29) is 0 Å². The summed E-state index contributed by atoms with van der Waals surface area (Å²) in [4.78, 5) is 14.9. The Morgan fingerprint density at radius 1 is 1.38 bits per heavy atom. The molecule has 0 spiro atoms. The quantitative estimate of drug-likeness (QED) is 0.598. The van der Waals surface area contributed by atoms with Gasteiger partial charge in [0.15, 0.2) is 0 Å². The SMILES string of the molecule is CN(C)C1CCN(CCC=O)CC1. The number of carbonyl (C=O) groups excluding carboxylic acids is 1. The van der Waals surface area contributed by atoms with Crippen molar-refractivity contribution in [2.24, 2.45) is 0 Å². The second-order valence-electron chi connectivity index (χ2n) is 3.99. The van der Waals surface area contributed by atoms with Crippen LogP contribution in [-0.4, -0.2) is 55.9 Å². The number of nitrogens with zero attached hydrogens (tertiary/aromatic N) is 2. The van der Waals surface area contributed by atoms with Gasteiger partial charge in [-0.1, -0.05) is 0 Å². The number of aldehydes is 1. The summed E-state index contributed by atoms with van der Waals surface area (Å²) in [6, 6.07) is 0.743. The maximum atomic E-state index is 10.2. The second kappa shape index (κ2) is 5.35. The van der Waals surface area contributed by atoms with E-state index < -0.39 is 0 Å². The van der Waals surface area contributed by atoms with E-state index in [1.165, 1.54) is 12.8 Å². The van der Waals surface area contributed by atoms with Crippen LogP contribution in [0, 0.1) is 0 Å². The smallest absolute Gasteiger partial charge is 0.121 e. The molecule has 0 atom stereocenters. The molecule has 3 heteroatoms. The fourth-order valence-electron chi connectivity index (χ4n) is 1.89. The number of likely N-dealkylation sites (tertiary alicyclic amines) is 1. The topological polar surface area (TPSA) is 23.6 Å². The molecule has 76 valence electrons. The average molecular weight is 184 g/mol. The first-order chi connectivity index (χ1) is 6.24. The lowest BCUT2D eigenvalue weighted by Crippen LogP contribution is -2.42. The number of hydrogen-bond donors (Lipinski definition) is 0. The third-order valence-corrected chi connectivity index (χ3v) is 2.85. The van der Waals surface area contributed by atoms with Crippen LogP contribution in [0.5, 0.6) is 0 Å². The average Bonchev–Trinajstić information content (AvgIpc) is 2.15.